The first kappa shape index (κ1) is 6.53. The number of carboxylic acid groups (broad SMARTS) is 1. The van der Waals surface area contributed by atoms with Gasteiger partial charge in [-0.1, -0.05) is 0 Å². The van der Waals surface area contributed by atoms with Crippen molar-refractivity contribution < 1.29 is 9.90 Å². The summed E-state index contributed by atoms with van der Waals surface area (Å²) in [6.45, 7) is -0.244. The van der Waals surface area contributed by atoms with Crippen LogP contribution in [0.3, 0.4) is 0 Å². The molecule has 0 aromatic carbocycles. The van der Waals surface area contributed by atoms with Crippen molar-refractivity contribution in [2.75, 3.05) is 5.73 Å². The lowest BCUT2D eigenvalue weighted by molar-refractivity contribution is -0.137. The van der Waals surface area contributed by atoms with Crippen LogP contribution < -0.4 is 5.73 Å². The lowest BCUT2D eigenvalue weighted by Gasteiger charge is -1.94. The van der Waals surface area contributed by atoms with Gasteiger partial charge in [-0.05, 0) is 0 Å². The van der Waals surface area contributed by atoms with Crippen molar-refractivity contribution in [2.45, 2.75) is 6.54 Å². The van der Waals surface area contributed by atoms with Crippen LogP contribution in [-0.4, -0.2) is 25.8 Å². The highest BCUT2D eigenvalue weighted by molar-refractivity contribution is 5.66. The van der Waals surface area contributed by atoms with Gasteiger partial charge < -0.3 is 10.8 Å². The average molecular weight is 142 g/mol. The van der Waals surface area contributed by atoms with E-state index in [2.05, 4.69) is 10.1 Å². The van der Waals surface area contributed by atoms with Gasteiger partial charge in [-0.15, -0.1) is 0 Å². The molecule has 0 aliphatic rings. The Morgan fingerprint density at radius 3 is 3.00 bits per heavy atom. The molecule has 1 aromatic heterocycles. The van der Waals surface area contributed by atoms with Gasteiger partial charge in [0.25, 0.3) is 0 Å². The highest BCUT2D eigenvalue weighted by atomic mass is 16.4. The van der Waals surface area contributed by atoms with E-state index in [1.165, 1.54) is 6.33 Å². The van der Waals surface area contributed by atoms with Gasteiger partial charge in [0.1, 0.15) is 12.9 Å². The Kier molecular flexibility index (Phi) is 1.53. The van der Waals surface area contributed by atoms with E-state index >= 15 is 0 Å². The number of hydrogen-bond donors (Lipinski definition) is 2. The molecule has 0 bridgehead atoms. The number of aromatic nitrogens is 3. The molecule has 0 aliphatic carbocycles. The largest absolute Gasteiger partial charge is 0.480 e. The molecule has 1 heterocycles. The van der Waals surface area contributed by atoms with E-state index in [9.17, 15) is 4.79 Å². The second-order valence-corrected chi connectivity index (χ2v) is 1.67. The first-order valence-corrected chi connectivity index (χ1v) is 2.55. The van der Waals surface area contributed by atoms with Crippen molar-refractivity contribution in [3.8, 4) is 0 Å². The topological polar surface area (TPSA) is 94.0 Å². The fourth-order valence-electron chi connectivity index (χ4n) is 0.523. The number of hydrogen-bond acceptors (Lipinski definition) is 4. The first-order chi connectivity index (χ1) is 4.70. The molecule has 0 saturated heterocycles. The molecule has 0 aliphatic heterocycles. The molecule has 6 nitrogen and oxygen atoms in total. The predicted molar refractivity (Wildman–Crippen MR) is 32.1 cm³/mol. The van der Waals surface area contributed by atoms with Crippen LogP contribution in [0.4, 0.5) is 5.95 Å². The van der Waals surface area contributed by atoms with Gasteiger partial charge in [0, 0.05) is 0 Å². The highest BCUT2D eigenvalue weighted by Gasteiger charge is 2.02. The van der Waals surface area contributed by atoms with Crippen molar-refractivity contribution in [2.24, 2.45) is 0 Å². The highest BCUT2D eigenvalue weighted by Crippen LogP contribution is 1.92. The minimum Gasteiger partial charge on any atom is -0.480 e. The summed E-state index contributed by atoms with van der Waals surface area (Å²) in [6, 6.07) is 0. The Hall–Kier alpha value is -1.59. The zero-order chi connectivity index (χ0) is 7.56. The Balaban J connectivity index is 2.74. The third-order valence-electron chi connectivity index (χ3n) is 0.931. The fourth-order valence-corrected chi connectivity index (χ4v) is 0.523. The normalized spacial score (nSPS) is 9.60. The van der Waals surface area contributed by atoms with Crippen LogP contribution in [0.25, 0.3) is 0 Å². The number of rotatable bonds is 2. The molecule has 0 saturated carbocycles. The van der Waals surface area contributed by atoms with Crippen LogP contribution in [0, 0.1) is 0 Å². The molecule has 10 heavy (non-hydrogen) atoms. The fraction of sp³-hybridized carbons (Fsp3) is 0.250. The number of nitrogens with zero attached hydrogens (tertiary/aromatic N) is 3. The molecule has 6 heteroatoms. The number of nitrogens with two attached hydrogens (primary N) is 1. The van der Waals surface area contributed by atoms with Crippen LogP contribution in [0.15, 0.2) is 6.33 Å². The summed E-state index contributed by atoms with van der Waals surface area (Å²) >= 11 is 0. The van der Waals surface area contributed by atoms with Crippen LogP contribution in [0.5, 0.6) is 0 Å². The Labute approximate surface area is 56.3 Å². The SMILES string of the molecule is Nc1ncnn1CC(=O)O. The summed E-state index contributed by atoms with van der Waals surface area (Å²) in [5.74, 6) is -0.875. The van der Waals surface area contributed by atoms with E-state index in [1.807, 2.05) is 0 Å². The molecule has 0 amide bonds. The third-order valence-corrected chi connectivity index (χ3v) is 0.931. The van der Waals surface area contributed by atoms with E-state index in [-0.39, 0.29) is 12.5 Å². The monoisotopic (exact) mass is 142 g/mol. The summed E-state index contributed by atoms with van der Waals surface area (Å²) in [6.07, 6.45) is 1.21. The van der Waals surface area contributed by atoms with Gasteiger partial charge in [-0.25, -0.2) is 9.67 Å². The standard InChI is InChI=1S/C4H6N4O2/c5-4-6-2-7-8(4)1-3(9)10/h2H,1H2,(H,9,10)(H2,5,6,7). The Bertz CT molecular complexity index is 243. The van der Waals surface area contributed by atoms with Crippen molar-refractivity contribution in [1.29, 1.82) is 0 Å². The number of nitrogen functional groups attached to an aromatic ring is 1. The summed E-state index contributed by atoms with van der Waals surface area (Å²) in [4.78, 5) is 13.6. The zero-order valence-electron chi connectivity index (χ0n) is 5.06. The number of carboxylic acids is 1. The molecule has 54 valence electrons. The molecular weight excluding hydrogens is 136 g/mol. The van der Waals surface area contributed by atoms with Crippen LogP contribution in [0.1, 0.15) is 0 Å². The summed E-state index contributed by atoms with van der Waals surface area (Å²) in [7, 11) is 0. The van der Waals surface area contributed by atoms with Gasteiger partial charge in [-0.2, -0.15) is 5.10 Å². The van der Waals surface area contributed by atoms with E-state index in [4.69, 9.17) is 10.8 Å². The minimum atomic E-state index is -0.989. The van der Waals surface area contributed by atoms with Gasteiger partial charge >= 0.3 is 5.97 Å². The lowest BCUT2D eigenvalue weighted by Crippen LogP contribution is -2.12. The molecule has 1 rings (SSSR count). The van der Waals surface area contributed by atoms with Crippen LogP contribution >= 0.6 is 0 Å². The maximum absolute atomic E-state index is 10.1. The Morgan fingerprint density at radius 1 is 1.90 bits per heavy atom. The average Bonchev–Trinajstić information content (AvgIpc) is 2.15. The number of anilines is 1. The van der Waals surface area contributed by atoms with Crippen LogP contribution in [-0.2, 0) is 11.3 Å². The zero-order valence-corrected chi connectivity index (χ0v) is 5.06. The molecule has 0 spiro atoms. The summed E-state index contributed by atoms with van der Waals surface area (Å²) in [5, 5.41) is 11.8. The molecule has 3 N–H and O–H groups in total. The van der Waals surface area contributed by atoms with Gasteiger partial charge in [0.05, 0.1) is 0 Å². The summed E-state index contributed by atoms with van der Waals surface area (Å²) < 4.78 is 1.10. The van der Waals surface area contributed by atoms with Crippen molar-refractivity contribution in [1.82, 2.24) is 14.8 Å². The first-order valence-electron chi connectivity index (χ1n) is 2.55. The van der Waals surface area contributed by atoms with Gasteiger partial charge in [0.2, 0.25) is 5.95 Å². The van der Waals surface area contributed by atoms with E-state index in [0.29, 0.717) is 0 Å². The van der Waals surface area contributed by atoms with Crippen LogP contribution in [0.2, 0.25) is 0 Å². The van der Waals surface area contributed by atoms with Crippen molar-refractivity contribution >= 4 is 11.9 Å². The second-order valence-electron chi connectivity index (χ2n) is 1.67. The number of carbonyl (C=O) groups is 1. The maximum atomic E-state index is 10.1. The molecule has 0 radical (unpaired) electrons. The smallest absolute Gasteiger partial charge is 0.325 e. The van der Waals surface area contributed by atoms with Crippen molar-refractivity contribution in [3.63, 3.8) is 0 Å². The van der Waals surface area contributed by atoms with Gasteiger partial charge in [0.15, 0.2) is 0 Å². The molecule has 0 unspecified atom stereocenters. The lowest BCUT2D eigenvalue weighted by atomic mass is 10.7. The second kappa shape index (κ2) is 2.34. The molecule has 0 atom stereocenters. The van der Waals surface area contributed by atoms with Crippen molar-refractivity contribution in [3.05, 3.63) is 6.33 Å². The summed E-state index contributed by atoms with van der Waals surface area (Å²) in [5.41, 5.74) is 5.21. The minimum absolute atomic E-state index is 0.113. The van der Waals surface area contributed by atoms with E-state index in [0.717, 1.165) is 4.68 Å². The maximum Gasteiger partial charge on any atom is 0.325 e. The predicted octanol–water partition coefficient (Wildman–Crippen LogP) is -1.06. The molecule has 1 aromatic rings. The molecular formula is C4H6N4O2. The van der Waals surface area contributed by atoms with Gasteiger partial charge in [-0.3, -0.25) is 4.79 Å². The molecule has 0 fully saturated rings. The van der Waals surface area contributed by atoms with E-state index in [1.54, 1.807) is 0 Å². The Morgan fingerprint density at radius 2 is 2.60 bits per heavy atom. The number of aliphatic carboxylic acids is 1. The quantitative estimate of drug-likeness (QED) is 0.549. The van der Waals surface area contributed by atoms with E-state index < -0.39 is 5.97 Å². The third kappa shape index (κ3) is 1.22.